The second-order valence-electron chi connectivity index (χ2n) is 10.2. The SMILES string of the molecule is CCCCCCCCOc1ccc(CSC2C[C@H](OCc3ccccc3)[C@H](COCc3ccccc3)S2)cc1. The number of hydrogen-bond acceptors (Lipinski definition) is 5. The summed E-state index contributed by atoms with van der Waals surface area (Å²) in [6.07, 6.45) is 8.97. The number of unbranched alkanes of at least 4 members (excludes halogenated alkanes) is 5. The summed E-state index contributed by atoms with van der Waals surface area (Å²) in [5.74, 6) is 1.98. The Morgan fingerprint density at radius 2 is 1.41 bits per heavy atom. The van der Waals surface area contributed by atoms with Gasteiger partial charge in [0.05, 0.1) is 42.4 Å². The van der Waals surface area contributed by atoms with E-state index < -0.39 is 0 Å². The van der Waals surface area contributed by atoms with Crippen molar-refractivity contribution < 1.29 is 14.2 Å². The van der Waals surface area contributed by atoms with E-state index in [2.05, 4.69) is 85.8 Å². The molecule has 1 aliphatic heterocycles. The van der Waals surface area contributed by atoms with E-state index in [-0.39, 0.29) is 6.10 Å². The van der Waals surface area contributed by atoms with Crippen LogP contribution in [0.2, 0.25) is 0 Å². The fourth-order valence-corrected chi connectivity index (χ4v) is 7.77. The summed E-state index contributed by atoms with van der Waals surface area (Å²) in [6.45, 7) is 5.08. The number of thioether (sulfide) groups is 2. The highest BCUT2D eigenvalue weighted by atomic mass is 32.2. The molecule has 1 unspecified atom stereocenters. The largest absolute Gasteiger partial charge is 0.494 e. The number of ether oxygens (including phenoxy) is 3. The van der Waals surface area contributed by atoms with Gasteiger partial charge in [0.25, 0.3) is 0 Å². The van der Waals surface area contributed by atoms with Crippen molar-refractivity contribution in [1.29, 1.82) is 0 Å². The molecule has 0 saturated carbocycles. The third-order valence-corrected chi connectivity index (χ3v) is 10.1. The molecule has 3 atom stereocenters. The van der Waals surface area contributed by atoms with Gasteiger partial charge in [-0.3, -0.25) is 0 Å². The standard InChI is InChI=1S/C34H44O3S2/c1-2-3-4-5-6-13-22-36-31-20-18-30(19-21-31)27-38-34-23-32(37-25-29-16-11-8-12-17-29)33(39-34)26-35-24-28-14-9-7-10-15-28/h7-12,14-21,32-34H,2-6,13,22-27H2,1H3/t32-,33-,34?/m0/s1. The molecule has 1 heterocycles. The molecular formula is C34H44O3S2. The second-order valence-corrected chi connectivity index (χ2v) is 13.2. The number of benzene rings is 3. The first-order valence-corrected chi connectivity index (χ1v) is 16.6. The molecule has 1 fully saturated rings. The van der Waals surface area contributed by atoms with Crippen molar-refractivity contribution in [2.24, 2.45) is 0 Å². The molecule has 3 aromatic carbocycles. The highest BCUT2D eigenvalue weighted by Gasteiger charge is 2.36. The summed E-state index contributed by atoms with van der Waals surface area (Å²) in [6, 6.07) is 29.6. The molecule has 1 saturated heterocycles. The summed E-state index contributed by atoms with van der Waals surface area (Å²) in [5.41, 5.74) is 3.78. The molecule has 3 nitrogen and oxygen atoms in total. The van der Waals surface area contributed by atoms with E-state index in [0.717, 1.165) is 31.0 Å². The van der Waals surface area contributed by atoms with Crippen LogP contribution in [-0.4, -0.2) is 29.1 Å². The zero-order chi connectivity index (χ0) is 27.0. The summed E-state index contributed by atoms with van der Waals surface area (Å²) in [5, 5.41) is 0.340. The van der Waals surface area contributed by atoms with Crippen LogP contribution in [0.5, 0.6) is 5.75 Å². The second kappa shape index (κ2) is 17.7. The zero-order valence-corrected chi connectivity index (χ0v) is 25.0. The van der Waals surface area contributed by atoms with Crippen LogP contribution < -0.4 is 4.74 Å². The van der Waals surface area contributed by atoms with Crippen LogP contribution in [0.3, 0.4) is 0 Å². The van der Waals surface area contributed by atoms with E-state index in [0.29, 0.717) is 29.7 Å². The minimum Gasteiger partial charge on any atom is -0.494 e. The van der Waals surface area contributed by atoms with Crippen LogP contribution in [-0.2, 0) is 28.4 Å². The summed E-state index contributed by atoms with van der Waals surface area (Å²) < 4.78 is 19.1. The molecule has 0 radical (unpaired) electrons. The normalized spacial score (nSPS) is 18.8. The van der Waals surface area contributed by atoms with Crippen molar-refractivity contribution in [2.45, 2.75) is 86.8 Å². The molecular weight excluding hydrogens is 521 g/mol. The highest BCUT2D eigenvalue weighted by molar-refractivity contribution is 8.17. The average Bonchev–Trinajstić information content (AvgIpc) is 3.38. The van der Waals surface area contributed by atoms with Gasteiger partial charge in [0.1, 0.15) is 5.75 Å². The molecule has 5 heteroatoms. The van der Waals surface area contributed by atoms with Gasteiger partial charge in [-0.1, -0.05) is 112 Å². The molecule has 39 heavy (non-hydrogen) atoms. The van der Waals surface area contributed by atoms with Crippen molar-refractivity contribution in [2.75, 3.05) is 13.2 Å². The lowest BCUT2D eigenvalue weighted by molar-refractivity contribution is 0.0168. The van der Waals surface area contributed by atoms with E-state index >= 15 is 0 Å². The Balaban J connectivity index is 1.21. The van der Waals surface area contributed by atoms with Gasteiger partial charge in [-0.2, -0.15) is 0 Å². The fourth-order valence-electron chi connectivity index (χ4n) is 4.70. The van der Waals surface area contributed by atoms with Crippen molar-refractivity contribution in [3.63, 3.8) is 0 Å². The van der Waals surface area contributed by atoms with E-state index in [1.807, 2.05) is 29.6 Å². The first-order chi connectivity index (χ1) is 19.3. The van der Waals surface area contributed by atoms with Crippen molar-refractivity contribution in [3.8, 4) is 5.75 Å². The summed E-state index contributed by atoms with van der Waals surface area (Å²) >= 11 is 4.04. The summed E-state index contributed by atoms with van der Waals surface area (Å²) in [7, 11) is 0. The van der Waals surface area contributed by atoms with Crippen LogP contribution in [0.1, 0.15) is 68.6 Å². The highest BCUT2D eigenvalue weighted by Crippen LogP contribution is 2.43. The molecule has 3 aromatic rings. The number of hydrogen-bond donors (Lipinski definition) is 0. The lowest BCUT2D eigenvalue weighted by atomic mass is 10.1. The lowest BCUT2D eigenvalue weighted by Crippen LogP contribution is -2.26. The van der Waals surface area contributed by atoms with Crippen molar-refractivity contribution in [3.05, 3.63) is 102 Å². The first-order valence-electron chi connectivity index (χ1n) is 14.6. The molecule has 0 aliphatic carbocycles. The van der Waals surface area contributed by atoms with Gasteiger partial charge in [0, 0.05) is 5.75 Å². The Kier molecular flexibility index (Phi) is 13.6. The Hall–Kier alpha value is -1.92. The predicted octanol–water partition coefficient (Wildman–Crippen LogP) is 9.29. The minimum absolute atomic E-state index is 0.196. The van der Waals surface area contributed by atoms with Gasteiger partial charge in [0.2, 0.25) is 0 Å². The topological polar surface area (TPSA) is 27.7 Å². The van der Waals surface area contributed by atoms with Crippen LogP contribution in [0, 0.1) is 0 Å². The Labute approximate surface area is 244 Å². The molecule has 1 aliphatic rings. The Morgan fingerprint density at radius 1 is 0.744 bits per heavy atom. The van der Waals surface area contributed by atoms with E-state index in [1.54, 1.807) is 0 Å². The van der Waals surface area contributed by atoms with Gasteiger partial charge in [-0.15, -0.1) is 23.5 Å². The van der Waals surface area contributed by atoms with Crippen LogP contribution >= 0.6 is 23.5 Å². The van der Waals surface area contributed by atoms with Gasteiger partial charge in [-0.05, 0) is 41.7 Å². The van der Waals surface area contributed by atoms with Gasteiger partial charge >= 0.3 is 0 Å². The smallest absolute Gasteiger partial charge is 0.119 e. The van der Waals surface area contributed by atoms with Gasteiger partial charge in [0.15, 0.2) is 0 Å². The van der Waals surface area contributed by atoms with E-state index in [9.17, 15) is 0 Å². The third-order valence-electron chi connectivity index (χ3n) is 6.99. The maximum Gasteiger partial charge on any atom is 0.119 e. The first kappa shape index (κ1) is 30.0. The zero-order valence-electron chi connectivity index (χ0n) is 23.3. The minimum atomic E-state index is 0.196. The number of rotatable bonds is 18. The predicted molar refractivity (Wildman–Crippen MR) is 168 cm³/mol. The maximum absolute atomic E-state index is 6.45. The molecule has 0 aromatic heterocycles. The maximum atomic E-state index is 6.45. The van der Waals surface area contributed by atoms with E-state index in [1.165, 1.54) is 48.8 Å². The molecule has 4 rings (SSSR count). The molecule has 0 amide bonds. The lowest BCUT2D eigenvalue weighted by Gasteiger charge is -2.19. The fraction of sp³-hybridized carbons (Fsp3) is 0.471. The monoisotopic (exact) mass is 564 g/mol. The van der Waals surface area contributed by atoms with Crippen molar-refractivity contribution >= 4 is 23.5 Å². The molecule has 0 bridgehead atoms. The molecule has 0 spiro atoms. The Morgan fingerprint density at radius 3 is 2.13 bits per heavy atom. The van der Waals surface area contributed by atoms with Gasteiger partial charge < -0.3 is 14.2 Å². The Bertz CT molecular complexity index is 1030. The molecule has 0 N–H and O–H groups in total. The van der Waals surface area contributed by atoms with Crippen LogP contribution in [0.4, 0.5) is 0 Å². The van der Waals surface area contributed by atoms with Crippen molar-refractivity contribution in [1.82, 2.24) is 0 Å². The van der Waals surface area contributed by atoms with Gasteiger partial charge in [-0.25, -0.2) is 0 Å². The molecule has 210 valence electrons. The van der Waals surface area contributed by atoms with Crippen LogP contribution in [0.15, 0.2) is 84.9 Å². The quantitative estimate of drug-likeness (QED) is 0.144. The summed E-state index contributed by atoms with van der Waals surface area (Å²) in [4.78, 5) is 0. The third kappa shape index (κ3) is 11.2. The van der Waals surface area contributed by atoms with Crippen LogP contribution in [0.25, 0.3) is 0 Å². The van der Waals surface area contributed by atoms with E-state index in [4.69, 9.17) is 14.2 Å². The average molecular weight is 565 g/mol.